The number of carboxylic acid groups (broad SMARTS) is 1. The molecule has 82 valence electrons. The standard InChI is InChI=1S/C11H10N2O3/c1-16-10-5-3-2-4-8(10)13-9(11(14)15)6-7-12-13/h2-7H,1H3,(H,14,15). The summed E-state index contributed by atoms with van der Waals surface area (Å²) in [6.07, 6.45) is 1.44. The zero-order valence-electron chi connectivity index (χ0n) is 8.62. The van der Waals surface area contributed by atoms with Crippen molar-refractivity contribution in [2.24, 2.45) is 0 Å². The van der Waals surface area contributed by atoms with Gasteiger partial charge in [-0.05, 0) is 18.2 Å². The molecule has 16 heavy (non-hydrogen) atoms. The van der Waals surface area contributed by atoms with Gasteiger partial charge >= 0.3 is 5.97 Å². The molecule has 2 rings (SSSR count). The fraction of sp³-hybridized carbons (Fsp3) is 0.0909. The van der Waals surface area contributed by atoms with E-state index in [-0.39, 0.29) is 5.69 Å². The minimum Gasteiger partial charge on any atom is -0.494 e. The van der Waals surface area contributed by atoms with Crippen LogP contribution in [0.25, 0.3) is 5.69 Å². The summed E-state index contributed by atoms with van der Waals surface area (Å²) in [5.41, 5.74) is 0.705. The molecule has 5 nitrogen and oxygen atoms in total. The first kappa shape index (κ1) is 10.2. The molecule has 1 aromatic heterocycles. The Kier molecular flexibility index (Phi) is 2.59. The molecule has 1 heterocycles. The average molecular weight is 218 g/mol. The second-order valence-electron chi connectivity index (χ2n) is 3.11. The van der Waals surface area contributed by atoms with Crippen LogP contribution < -0.4 is 4.74 Å². The predicted octanol–water partition coefficient (Wildman–Crippen LogP) is 1.58. The highest BCUT2D eigenvalue weighted by atomic mass is 16.5. The Balaban J connectivity index is 2.58. The Morgan fingerprint density at radius 1 is 1.38 bits per heavy atom. The minimum absolute atomic E-state index is 0.101. The van der Waals surface area contributed by atoms with Crippen molar-refractivity contribution in [2.45, 2.75) is 0 Å². The van der Waals surface area contributed by atoms with Gasteiger partial charge in [-0.25, -0.2) is 9.48 Å². The lowest BCUT2D eigenvalue weighted by Crippen LogP contribution is -2.08. The Hall–Kier alpha value is -2.30. The second kappa shape index (κ2) is 4.06. The number of carbonyl (C=O) groups is 1. The van der Waals surface area contributed by atoms with E-state index in [1.807, 2.05) is 6.07 Å². The topological polar surface area (TPSA) is 64.4 Å². The molecular weight excluding hydrogens is 208 g/mol. The molecule has 0 atom stereocenters. The van der Waals surface area contributed by atoms with Gasteiger partial charge in [0.05, 0.1) is 13.3 Å². The van der Waals surface area contributed by atoms with Gasteiger partial charge in [0.25, 0.3) is 0 Å². The van der Waals surface area contributed by atoms with Crippen molar-refractivity contribution in [1.29, 1.82) is 0 Å². The van der Waals surface area contributed by atoms with Gasteiger partial charge in [0.1, 0.15) is 11.4 Å². The highest BCUT2D eigenvalue weighted by molar-refractivity contribution is 5.86. The molecule has 1 N–H and O–H groups in total. The molecule has 5 heteroatoms. The van der Waals surface area contributed by atoms with E-state index in [1.165, 1.54) is 24.1 Å². The number of benzene rings is 1. The molecule has 0 amide bonds. The van der Waals surface area contributed by atoms with Gasteiger partial charge in [-0.3, -0.25) is 0 Å². The molecule has 0 saturated carbocycles. The number of hydrogen-bond acceptors (Lipinski definition) is 3. The summed E-state index contributed by atoms with van der Waals surface area (Å²) in [5.74, 6) is -0.447. The van der Waals surface area contributed by atoms with E-state index in [0.717, 1.165) is 0 Å². The largest absolute Gasteiger partial charge is 0.494 e. The van der Waals surface area contributed by atoms with Crippen LogP contribution in [-0.4, -0.2) is 28.0 Å². The van der Waals surface area contributed by atoms with Crippen LogP contribution in [0.3, 0.4) is 0 Å². The summed E-state index contributed by atoms with van der Waals surface area (Å²) in [5, 5.41) is 12.9. The summed E-state index contributed by atoms with van der Waals surface area (Å²) in [4.78, 5) is 11.0. The first-order valence-corrected chi connectivity index (χ1v) is 4.64. The molecule has 0 saturated heterocycles. The van der Waals surface area contributed by atoms with Gasteiger partial charge in [0.2, 0.25) is 0 Å². The second-order valence-corrected chi connectivity index (χ2v) is 3.11. The van der Waals surface area contributed by atoms with E-state index in [4.69, 9.17) is 9.84 Å². The van der Waals surface area contributed by atoms with E-state index in [9.17, 15) is 4.79 Å². The first-order valence-electron chi connectivity index (χ1n) is 4.64. The molecule has 0 aliphatic carbocycles. The average Bonchev–Trinajstić information content (AvgIpc) is 2.77. The summed E-state index contributed by atoms with van der Waals surface area (Å²) in [7, 11) is 1.53. The normalized spacial score (nSPS) is 10.1. The number of para-hydroxylation sites is 2. The molecule has 0 aliphatic rings. The van der Waals surface area contributed by atoms with Crippen molar-refractivity contribution in [3.05, 3.63) is 42.2 Å². The van der Waals surface area contributed by atoms with Crippen LogP contribution in [0.4, 0.5) is 0 Å². The third-order valence-corrected chi connectivity index (χ3v) is 2.18. The molecular formula is C11H10N2O3. The van der Waals surface area contributed by atoms with Gasteiger partial charge in [0, 0.05) is 0 Å². The molecule has 0 bridgehead atoms. The maximum absolute atomic E-state index is 11.0. The van der Waals surface area contributed by atoms with Crippen LogP contribution in [0.2, 0.25) is 0 Å². The van der Waals surface area contributed by atoms with Crippen molar-refractivity contribution in [3.63, 3.8) is 0 Å². The molecule has 0 fully saturated rings. The molecule has 0 unspecified atom stereocenters. The van der Waals surface area contributed by atoms with Crippen LogP contribution in [0.15, 0.2) is 36.5 Å². The number of aromatic nitrogens is 2. The number of ether oxygens (including phenoxy) is 1. The van der Waals surface area contributed by atoms with Crippen molar-refractivity contribution >= 4 is 5.97 Å². The highest BCUT2D eigenvalue weighted by Gasteiger charge is 2.14. The summed E-state index contributed by atoms with van der Waals surface area (Å²) < 4.78 is 6.48. The number of rotatable bonds is 3. The molecule has 0 spiro atoms. The molecule has 2 aromatic rings. The van der Waals surface area contributed by atoms with Gasteiger partial charge in [-0.2, -0.15) is 5.10 Å². The third-order valence-electron chi connectivity index (χ3n) is 2.18. The van der Waals surface area contributed by atoms with Crippen LogP contribution >= 0.6 is 0 Å². The third kappa shape index (κ3) is 1.63. The summed E-state index contributed by atoms with van der Waals surface area (Å²) >= 11 is 0. The van der Waals surface area contributed by atoms with Gasteiger partial charge in [-0.15, -0.1) is 0 Å². The number of nitrogens with zero attached hydrogens (tertiary/aromatic N) is 2. The van der Waals surface area contributed by atoms with Crippen molar-refractivity contribution in [2.75, 3.05) is 7.11 Å². The van der Waals surface area contributed by atoms with Crippen molar-refractivity contribution in [1.82, 2.24) is 9.78 Å². The first-order chi connectivity index (χ1) is 7.74. The summed E-state index contributed by atoms with van der Waals surface area (Å²) in [6.45, 7) is 0. The van der Waals surface area contributed by atoms with E-state index < -0.39 is 5.97 Å². The Labute approximate surface area is 91.9 Å². The SMILES string of the molecule is COc1ccccc1-n1nccc1C(=O)O. The molecule has 0 radical (unpaired) electrons. The lowest BCUT2D eigenvalue weighted by atomic mass is 10.3. The lowest BCUT2D eigenvalue weighted by molar-refractivity contribution is 0.0687. The van der Waals surface area contributed by atoms with E-state index in [0.29, 0.717) is 11.4 Å². The fourth-order valence-corrected chi connectivity index (χ4v) is 1.46. The van der Waals surface area contributed by atoms with Crippen LogP contribution in [0.5, 0.6) is 5.75 Å². The van der Waals surface area contributed by atoms with Crippen molar-refractivity contribution < 1.29 is 14.6 Å². The number of aromatic carboxylic acids is 1. The predicted molar refractivity (Wildman–Crippen MR) is 57.1 cm³/mol. The zero-order chi connectivity index (χ0) is 11.5. The zero-order valence-corrected chi connectivity index (χ0v) is 8.62. The van der Waals surface area contributed by atoms with Crippen LogP contribution in [0, 0.1) is 0 Å². The molecule has 1 aromatic carbocycles. The number of hydrogen-bond donors (Lipinski definition) is 1. The van der Waals surface area contributed by atoms with E-state index >= 15 is 0 Å². The smallest absolute Gasteiger partial charge is 0.354 e. The van der Waals surface area contributed by atoms with Crippen LogP contribution in [-0.2, 0) is 0 Å². The quantitative estimate of drug-likeness (QED) is 0.849. The van der Waals surface area contributed by atoms with Crippen molar-refractivity contribution in [3.8, 4) is 11.4 Å². The highest BCUT2D eigenvalue weighted by Crippen LogP contribution is 2.22. The maximum atomic E-state index is 11.0. The fourth-order valence-electron chi connectivity index (χ4n) is 1.46. The number of carboxylic acids is 1. The Morgan fingerprint density at radius 2 is 2.12 bits per heavy atom. The Morgan fingerprint density at radius 3 is 2.81 bits per heavy atom. The maximum Gasteiger partial charge on any atom is 0.354 e. The Bertz CT molecular complexity index is 519. The van der Waals surface area contributed by atoms with Gasteiger partial charge in [0.15, 0.2) is 5.69 Å². The van der Waals surface area contributed by atoms with Crippen LogP contribution in [0.1, 0.15) is 10.5 Å². The summed E-state index contributed by atoms with van der Waals surface area (Å²) in [6, 6.07) is 8.55. The van der Waals surface area contributed by atoms with E-state index in [1.54, 1.807) is 18.2 Å². The number of methoxy groups -OCH3 is 1. The van der Waals surface area contributed by atoms with Gasteiger partial charge < -0.3 is 9.84 Å². The van der Waals surface area contributed by atoms with E-state index in [2.05, 4.69) is 5.10 Å². The minimum atomic E-state index is -1.02. The monoisotopic (exact) mass is 218 g/mol. The van der Waals surface area contributed by atoms with Gasteiger partial charge in [-0.1, -0.05) is 12.1 Å². The lowest BCUT2D eigenvalue weighted by Gasteiger charge is -2.09. The molecule has 0 aliphatic heterocycles.